The number of alkyl carbamates (subject to hydrolysis) is 1. The van der Waals surface area contributed by atoms with E-state index in [-0.39, 0.29) is 12.1 Å². The molecule has 2 N–H and O–H groups in total. The first kappa shape index (κ1) is 18.6. The maximum atomic E-state index is 11.7. The Bertz CT molecular complexity index is 449. The molecule has 1 aromatic rings. The van der Waals surface area contributed by atoms with Crippen LogP contribution in [-0.4, -0.2) is 28.8 Å². The summed E-state index contributed by atoms with van der Waals surface area (Å²) in [6.07, 6.45) is 6.01. The van der Waals surface area contributed by atoms with Crippen LogP contribution in [0.4, 0.5) is 4.79 Å². The summed E-state index contributed by atoms with van der Waals surface area (Å²) in [5.41, 5.74) is 0.811. The quantitative estimate of drug-likeness (QED) is 0.775. The molecular formula is C17H31N3O2. The lowest BCUT2D eigenvalue weighted by Gasteiger charge is -2.22. The summed E-state index contributed by atoms with van der Waals surface area (Å²) in [7, 11) is 0. The molecule has 1 amide bonds. The number of hydrogen-bond acceptors (Lipinski definition) is 3. The number of aryl methyl sites for hydroxylation is 1. The number of nitrogens with one attached hydrogen (secondary N) is 2. The van der Waals surface area contributed by atoms with E-state index in [0.717, 1.165) is 25.9 Å². The second-order valence-electron chi connectivity index (χ2n) is 6.63. The Labute approximate surface area is 134 Å². The van der Waals surface area contributed by atoms with Crippen molar-refractivity contribution in [2.24, 2.45) is 0 Å². The van der Waals surface area contributed by atoms with Crippen LogP contribution in [0, 0.1) is 0 Å². The van der Waals surface area contributed by atoms with E-state index in [4.69, 9.17) is 4.74 Å². The van der Waals surface area contributed by atoms with Gasteiger partial charge in [-0.05, 0) is 45.2 Å². The lowest BCUT2D eigenvalue weighted by Crippen LogP contribution is -2.42. The van der Waals surface area contributed by atoms with Gasteiger partial charge in [0.2, 0.25) is 0 Å². The van der Waals surface area contributed by atoms with Crippen molar-refractivity contribution in [2.75, 3.05) is 6.54 Å². The van der Waals surface area contributed by atoms with Gasteiger partial charge in [-0.1, -0.05) is 13.8 Å². The van der Waals surface area contributed by atoms with Gasteiger partial charge >= 0.3 is 6.09 Å². The van der Waals surface area contributed by atoms with Gasteiger partial charge in [0.05, 0.1) is 0 Å². The van der Waals surface area contributed by atoms with Crippen LogP contribution in [0.2, 0.25) is 0 Å². The first-order valence-electron chi connectivity index (χ1n) is 8.19. The van der Waals surface area contributed by atoms with E-state index >= 15 is 0 Å². The second-order valence-corrected chi connectivity index (χ2v) is 6.63. The third-order valence-corrected chi connectivity index (χ3v) is 3.27. The third-order valence-electron chi connectivity index (χ3n) is 3.27. The Morgan fingerprint density at radius 1 is 1.36 bits per heavy atom. The number of carbonyl (C=O) groups excluding carboxylic acids is 1. The van der Waals surface area contributed by atoms with Crippen LogP contribution in [0.5, 0.6) is 0 Å². The predicted molar refractivity (Wildman–Crippen MR) is 89.9 cm³/mol. The first-order chi connectivity index (χ1) is 10.3. The van der Waals surface area contributed by atoms with Gasteiger partial charge in [0.1, 0.15) is 5.60 Å². The van der Waals surface area contributed by atoms with E-state index in [2.05, 4.69) is 47.5 Å². The molecule has 1 rings (SSSR count). The third kappa shape index (κ3) is 7.50. The molecule has 0 saturated heterocycles. The highest BCUT2D eigenvalue weighted by Gasteiger charge is 2.16. The van der Waals surface area contributed by atoms with E-state index in [1.807, 2.05) is 20.8 Å². The molecule has 0 saturated carbocycles. The molecule has 0 aliphatic rings. The summed E-state index contributed by atoms with van der Waals surface area (Å²) in [4.78, 5) is 11.7. The van der Waals surface area contributed by atoms with Crippen molar-refractivity contribution in [1.82, 2.24) is 15.2 Å². The average molecular weight is 309 g/mol. The highest BCUT2D eigenvalue weighted by Crippen LogP contribution is 2.07. The minimum absolute atomic E-state index is 0.238. The number of rotatable bonds is 8. The van der Waals surface area contributed by atoms with Gasteiger partial charge in [-0.25, -0.2) is 4.79 Å². The van der Waals surface area contributed by atoms with E-state index in [1.165, 1.54) is 5.56 Å². The van der Waals surface area contributed by atoms with E-state index in [9.17, 15) is 4.79 Å². The SMILES string of the molecule is CCCn1ccc(CNC(CC)CNC(=O)OC(C)(C)C)c1. The summed E-state index contributed by atoms with van der Waals surface area (Å²) in [5.74, 6) is 0. The Kier molecular flexibility index (Phi) is 7.45. The Morgan fingerprint density at radius 3 is 2.68 bits per heavy atom. The molecule has 0 aliphatic carbocycles. The van der Waals surface area contributed by atoms with Gasteiger partial charge in [-0.3, -0.25) is 0 Å². The molecule has 1 heterocycles. The van der Waals surface area contributed by atoms with Crippen molar-refractivity contribution in [3.05, 3.63) is 24.0 Å². The number of ether oxygens (including phenoxy) is 1. The van der Waals surface area contributed by atoms with Crippen molar-refractivity contribution in [3.63, 3.8) is 0 Å². The van der Waals surface area contributed by atoms with Crippen LogP contribution in [0.25, 0.3) is 0 Å². The average Bonchev–Trinajstić information content (AvgIpc) is 2.85. The summed E-state index contributed by atoms with van der Waals surface area (Å²) < 4.78 is 7.45. The van der Waals surface area contributed by atoms with Crippen LogP contribution >= 0.6 is 0 Å². The van der Waals surface area contributed by atoms with Crippen molar-refractivity contribution in [2.45, 2.75) is 72.2 Å². The Hall–Kier alpha value is -1.49. The van der Waals surface area contributed by atoms with Crippen molar-refractivity contribution in [1.29, 1.82) is 0 Å². The molecular weight excluding hydrogens is 278 g/mol. The molecule has 0 spiro atoms. The zero-order chi connectivity index (χ0) is 16.6. The molecule has 0 fully saturated rings. The maximum absolute atomic E-state index is 11.7. The minimum atomic E-state index is -0.457. The molecule has 0 aromatic carbocycles. The molecule has 22 heavy (non-hydrogen) atoms. The van der Waals surface area contributed by atoms with Crippen LogP contribution in [-0.2, 0) is 17.8 Å². The van der Waals surface area contributed by atoms with Gasteiger partial charge in [-0.2, -0.15) is 0 Å². The smallest absolute Gasteiger partial charge is 0.407 e. The highest BCUT2D eigenvalue weighted by atomic mass is 16.6. The summed E-state index contributed by atoms with van der Waals surface area (Å²) >= 11 is 0. The van der Waals surface area contributed by atoms with Gasteiger partial charge in [0, 0.05) is 38.1 Å². The fraction of sp³-hybridized carbons (Fsp3) is 0.706. The number of nitrogens with zero attached hydrogens (tertiary/aromatic N) is 1. The fourth-order valence-corrected chi connectivity index (χ4v) is 2.14. The largest absolute Gasteiger partial charge is 0.444 e. The Morgan fingerprint density at radius 2 is 2.09 bits per heavy atom. The summed E-state index contributed by atoms with van der Waals surface area (Å²) in [6, 6.07) is 2.37. The minimum Gasteiger partial charge on any atom is -0.444 e. The standard InChI is InChI=1S/C17H31N3O2/c1-6-9-20-10-8-14(13-20)11-18-15(7-2)12-19-16(21)22-17(3,4)5/h8,10,13,15,18H,6-7,9,11-12H2,1-5H3,(H,19,21). The molecule has 1 atom stereocenters. The normalized spacial score (nSPS) is 13.0. The predicted octanol–water partition coefficient (Wildman–Crippen LogP) is 3.29. The highest BCUT2D eigenvalue weighted by molar-refractivity contribution is 5.67. The molecule has 1 aromatic heterocycles. The van der Waals surface area contributed by atoms with E-state index < -0.39 is 5.60 Å². The number of hydrogen-bond donors (Lipinski definition) is 2. The topological polar surface area (TPSA) is 55.3 Å². The van der Waals surface area contributed by atoms with Crippen LogP contribution in [0.3, 0.4) is 0 Å². The van der Waals surface area contributed by atoms with Crippen LogP contribution in [0.1, 0.15) is 53.0 Å². The maximum Gasteiger partial charge on any atom is 0.407 e. The molecule has 5 heteroatoms. The zero-order valence-electron chi connectivity index (χ0n) is 14.6. The monoisotopic (exact) mass is 309 g/mol. The van der Waals surface area contributed by atoms with Gasteiger partial charge < -0.3 is 19.9 Å². The fourth-order valence-electron chi connectivity index (χ4n) is 2.14. The van der Waals surface area contributed by atoms with Gasteiger partial charge in [-0.15, -0.1) is 0 Å². The van der Waals surface area contributed by atoms with E-state index in [0.29, 0.717) is 6.54 Å². The Balaban J connectivity index is 2.33. The van der Waals surface area contributed by atoms with Crippen LogP contribution in [0.15, 0.2) is 18.5 Å². The lowest BCUT2D eigenvalue weighted by atomic mass is 10.2. The number of amides is 1. The van der Waals surface area contributed by atoms with Crippen molar-refractivity contribution in [3.8, 4) is 0 Å². The number of carbonyl (C=O) groups is 1. The first-order valence-corrected chi connectivity index (χ1v) is 8.19. The van der Waals surface area contributed by atoms with Gasteiger partial charge in [0.25, 0.3) is 0 Å². The zero-order valence-corrected chi connectivity index (χ0v) is 14.6. The molecule has 0 aliphatic heterocycles. The molecule has 0 bridgehead atoms. The van der Waals surface area contributed by atoms with E-state index in [1.54, 1.807) is 0 Å². The van der Waals surface area contributed by atoms with Crippen molar-refractivity contribution < 1.29 is 9.53 Å². The lowest BCUT2D eigenvalue weighted by molar-refractivity contribution is 0.0522. The molecule has 1 unspecified atom stereocenters. The molecule has 0 radical (unpaired) electrons. The summed E-state index contributed by atoms with van der Waals surface area (Å²) in [5, 5.41) is 6.30. The molecule has 126 valence electrons. The van der Waals surface area contributed by atoms with Crippen LogP contribution < -0.4 is 10.6 Å². The molecule has 5 nitrogen and oxygen atoms in total. The van der Waals surface area contributed by atoms with Crippen molar-refractivity contribution >= 4 is 6.09 Å². The second kappa shape index (κ2) is 8.83. The number of aromatic nitrogens is 1. The van der Waals surface area contributed by atoms with Gasteiger partial charge in [0.15, 0.2) is 0 Å². The summed E-state index contributed by atoms with van der Waals surface area (Å²) in [6.45, 7) is 12.3.